The second-order valence-corrected chi connectivity index (χ2v) is 6.22. The number of hydrogen-bond donors (Lipinski definition) is 2. The van der Waals surface area contributed by atoms with Crippen LogP contribution in [0.2, 0.25) is 0 Å². The van der Waals surface area contributed by atoms with E-state index in [1.54, 1.807) is 18.1 Å². The zero-order valence-electron chi connectivity index (χ0n) is 13.6. The minimum Gasteiger partial charge on any atom is -0.393 e. The number of nitrogens with one attached hydrogen (secondary N) is 1. The molecule has 1 aromatic rings. The lowest BCUT2D eigenvalue weighted by Crippen LogP contribution is -2.40. The molecule has 1 aliphatic rings. The van der Waals surface area contributed by atoms with Gasteiger partial charge in [0.2, 0.25) is 0 Å². The molecule has 0 saturated heterocycles. The van der Waals surface area contributed by atoms with E-state index >= 15 is 0 Å². The number of aromatic nitrogens is 1. The number of nitrogens with zero attached hydrogens (tertiary/aromatic N) is 3. The minimum atomic E-state index is -0.287. The molecule has 2 atom stereocenters. The van der Waals surface area contributed by atoms with Crippen LogP contribution in [-0.2, 0) is 0 Å². The Labute approximate surface area is 132 Å². The predicted octanol–water partition coefficient (Wildman–Crippen LogP) is 2.16. The van der Waals surface area contributed by atoms with Gasteiger partial charge in [-0.15, -0.1) is 0 Å². The Morgan fingerprint density at radius 1 is 1.32 bits per heavy atom. The van der Waals surface area contributed by atoms with Crippen molar-refractivity contribution in [2.75, 3.05) is 37.9 Å². The Morgan fingerprint density at radius 2 is 2.05 bits per heavy atom. The zero-order chi connectivity index (χ0) is 16.1. The van der Waals surface area contributed by atoms with E-state index in [1.807, 2.05) is 31.1 Å². The molecule has 1 aliphatic carbocycles. The van der Waals surface area contributed by atoms with E-state index < -0.39 is 0 Å². The molecule has 2 unspecified atom stereocenters. The van der Waals surface area contributed by atoms with Crippen molar-refractivity contribution in [1.82, 2.24) is 9.88 Å². The quantitative estimate of drug-likeness (QED) is 0.894. The third kappa shape index (κ3) is 4.34. The van der Waals surface area contributed by atoms with Crippen molar-refractivity contribution in [1.29, 1.82) is 0 Å². The van der Waals surface area contributed by atoms with Crippen molar-refractivity contribution in [2.45, 2.75) is 31.8 Å². The molecule has 2 amide bonds. The smallest absolute Gasteiger partial charge is 0.321 e. The molecule has 1 aromatic heterocycles. The maximum Gasteiger partial charge on any atom is 0.321 e. The minimum absolute atomic E-state index is 0.169. The first kappa shape index (κ1) is 16.5. The molecule has 0 radical (unpaired) electrons. The molecule has 2 rings (SSSR count). The number of rotatable bonds is 4. The molecular weight excluding hydrogens is 280 g/mol. The summed E-state index contributed by atoms with van der Waals surface area (Å²) in [5.41, 5.74) is 0.673. The van der Waals surface area contributed by atoms with Crippen LogP contribution < -0.4 is 10.2 Å². The van der Waals surface area contributed by atoms with Gasteiger partial charge in [0.15, 0.2) is 0 Å². The summed E-state index contributed by atoms with van der Waals surface area (Å²) in [4.78, 5) is 20.0. The van der Waals surface area contributed by atoms with E-state index in [0.717, 1.165) is 31.5 Å². The molecule has 122 valence electrons. The Kier molecular flexibility index (Phi) is 5.60. The van der Waals surface area contributed by atoms with Gasteiger partial charge in [0.1, 0.15) is 5.82 Å². The molecular formula is C16H26N4O2. The number of aliphatic hydroxyl groups excluding tert-OH is 1. The van der Waals surface area contributed by atoms with E-state index in [-0.39, 0.29) is 18.1 Å². The highest BCUT2D eigenvalue weighted by molar-refractivity contribution is 5.89. The summed E-state index contributed by atoms with van der Waals surface area (Å²) >= 11 is 0. The number of carbonyl (C=O) groups excluding carboxylic acids is 1. The normalized spacial score (nSPS) is 21.3. The number of aliphatic hydroxyl groups is 1. The van der Waals surface area contributed by atoms with Crippen LogP contribution in [0, 0.1) is 5.92 Å². The lowest BCUT2D eigenvalue weighted by Gasteiger charge is -2.31. The second kappa shape index (κ2) is 7.45. The Hall–Kier alpha value is -1.82. The van der Waals surface area contributed by atoms with Crippen molar-refractivity contribution in [2.24, 2.45) is 5.92 Å². The second-order valence-electron chi connectivity index (χ2n) is 6.22. The highest BCUT2D eigenvalue weighted by atomic mass is 16.3. The average molecular weight is 306 g/mol. The van der Waals surface area contributed by atoms with E-state index in [9.17, 15) is 9.90 Å². The summed E-state index contributed by atoms with van der Waals surface area (Å²) in [5.74, 6) is 1.02. The third-order valence-corrected chi connectivity index (χ3v) is 4.18. The van der Waals surface area contributed by atoms with Gasteiger partial charge in [-0.05, 0) is 25.0 Å². The molecule has 1 fully saturated rings. The number of hydrogen-bond acceptors (Lipinski definition) is 4. The molecule has 0 spiro atoms. The Balaban J connectivity index is 1.87. The molecule has 1 saturated carbocycles. The van der Waals surface area contributed by atoms with Crippen molar-refractivity contribution < 1.29 is 9.90 Å². The molecule has 1 heterocycles. The van der Waals surface area contributed by atoms with Crippen LogP contribution >= 0.6 is 0 Å². The van der Waals surface area contributed by atoms with Crippen LogP contribution in [0.4, 0.5) is 16.3 Å². The van der Waals surface area contributed by atoms with Crippen molar-refractivity contribution in [3.05, 3.63) is 18.3 Å². The molecule has 0 aliphatic heterocycles. The predicted molar refractivity (Wildman–Crippen MR) is 88.2 cm³/mol. The molecule has 6 nitrogen and oxygen atoms in total. The van der Waals surface area contributed by atoms with Gasteiger partial charge in [0, 0.05) is 33.6 Å². The third-order valence-electron chi connectivity index (χ3n) is 4.18. The number of anilines is 2. The first-order chi connectivity index (χ1) is 10.5. The summed E-state index contributed by atoms with van der Waals surface area (Å²) < 4.78 is 0. The lowest BCUT2D eigenvalue weighted by molar-refractivity contribution is 0.0575. The fraction of sp³-hybridized carbons (Fsp3) is 0.625. The summed E-state index contributed by atoms with van der Waals surface area (Å²) in [6.07, 6.45) is 5.40. The summed E-state index contributed by atoms with van der Waals surface area (Å²) in [5, 5.41) is 12.8. The van der Waals surface area contributed by atoms with E-state index in [4.69, 9.17) is 0 Å². The first-order valence-corrected chi connectivity index (χ1v) is 7.81. The standard InChI is InChI=1S/C16H26N4O2/c1-19(2)15-9-8-13(10-17-15)18-16(22)20(3)11-12-6-4-5-7-14(12)21/h8-10,12,14,21H,4-7,11H2,1-3H3,(H,18,22). The van der Waals surface area contributed by atoms with Gasteiger partial charge < -0.3 is 20.2 Å². The van der Waals surface area contributed by atoms with Gasteiger partial charge in [-0.3, -0.25) is 0 Å². The zero-order valence-corrected chi connectivity index (χ0v) is 13.6. The lowest BCUT2D eigenvalue weighted by atomic mass is 9.86. The van der Waals surface area contributed by atoms with Gasteiger partial charge in [0.05, 0.1) is 18.0 Å². The number of urea groups is 1. The van der Waals surface area contributed by atoms with Crippen LogP contribution in [0.25, 0.3) is 0 Å². The Morgan fingerprint density at radius 3 is 2.64 bits per heavy atom. The average Bonchev–Trinajstić information content (AvgIpc) is 2.50. The van der Waals surface area contributed by atoms with E-state index in [0.29, 0.717) is 12.2 Å². The van der Waals surface area contributed by atoms with Crippen LogP contribution in [-0.4, -0.2) is 54.8 Å². The monoisotopic (exact) mass is 306 g/mol. The topological polar surface area (TPSA) is 68.7 Å². The number of carbonyl (C=O) groups is 1. The van der Waals surface area contributed by atoms with Gasteiger partial charge >= 0.3 is 6.03 Å². The first-order valence-electron chi connectivity index (χ1n) is 7.81. The van der Waals surface area contributed by atoms with Gasteiger partial charge in [-0.25, -0.2) is 9.78 Å². The van der Waals surface area contributed by atoms with Crippen LogP contribution in [0.15, 0.2) is 18.3 Å². The van der Waals surface area contributed by atoms with Crippen molar-refractivity contribution >= 4 is 17.5 Å². The molecule has 6 heteroatoms. The fourth-order valence-corrected chi connectivity index (χ4v) is 2.78. The highest BCUT2D eigenvalue weighted by Crippen LogP contribution is 2.25. The highest BCUT2D eigenvalue weighted by Gasteiger charge is 2.25. The van der Waals surface area contributed by atoms with E-state index in [2.05, 4.69) is 10.3 Å². The van der Waals surface area contributed by atoms with Crippen LogP contribution in [0.5, 0.6) is 0 Å². The van der Waals surface area contributed by atoms with Gasteiger partial charge in [0.25, 0.3) is 0 Å². The van der Waals surface area contributed by atoms with Crippen molar-refractivity contribution in [3.63, 3.8) is 0 Å². The maximum absolute atomic E-state index is 12.2. The molecule has 0 bridgehead atoms. The SMILES string of the molecule is CN(CC1CCCCC1O)C(=O)Nc1ccc(N(C)C)nc1. The molecule has 22 heavy (non-hydrogen) atoms. The Bertz CT molecular complexity index is 489. The summed E-state index contributed by atoms with van der Waals surface area (Å²) in [6, 6.07) is 3.53. The fourth-order valence-electron chi connectivity index (χ4n) is 2.78. The summed E-state index contributed by atoms with van der Waals surface area (Å²) in [7, 11) is 5.60. The number of pyridine rings is 1. The van der Waals surface area contributed by atoms with Gasteiger partial charge in [-0.2, -0.15) is 0 Å². The molecule has 2 N–H and O–H groups in total. The van der Waals surface area contributed by atoms with Crippen LogP contribution in [0.3, 0.4) is 0 Å². The molecule has 0 aromatic carbocycles. The van der Waals surface area contributed by atoms with Gasteiger partial charge in [-0.1, -0.05) is 12.8 Å². The summed E-state index contributed by atoms with van der Waals surface area (Å²) in [6.45, 7) is 0.580. The van der Waals surface area contributed by atoms with Crippen LogP contribution in [0.1, 0.15) is 25.7 Å². The van der Waals surface area contributed by atoms with E-state index in [1.165, 1.54) is 0 Å². The number of amides is 2. The maximum atomic E-state index is 12.2. The largest absolute Gasteiger partial charge is 0.393 e. The van der Waals surface area contributed by atoms with Crippen molar-refractivity contribution in [3.8, 4) is 0 Å².